The number of nitrogens with zero attached hydrogens (tertiary/aromatic N) is 4. The van der Waals surface area contributed by atoms with Crippen molar-refractivity contribution >= 4 is 28.3 Å². The Labute approximate surface area is 163 Å². The summed E-state index contributed by atoms with van der Waals surface area (Å²) in [4.78, 5) is 29.0. The van der Waals surface area contributed by atoms with Crippen LogP contribution in [0.4, 0.5) is 5.13 Å². The summed E-state index contributed by atoms with van der Waals surface area (Å²) >= 11 is 1.34. The van der Waals surface area contributed by atoms with Crippen LogP contribution in [0.1, 0.15) is 45.0 Å². The third-order valence-electron chi connectivity index (χ3n) is 5.44. The van der Waals surface area contributed by atoms with Crippen molar-refractivity contribution in [2.75, 3.05) is 37.7 Å². The quantitative estimate of drug-likeness (QED) is 0.699. The number of rotatable bonds is 7. The Morgan fingerprint density at radius 3 is 2.81 bits per heavy atom. The van der Waals surface area contributed by atoms with Crippen LogP contribution >= 0.6 is 11.3 Å². The maximum atomic E-state index is 13.0. The fraction of sp³-hybridized carbons (Fsp3) is 0.778. The smallest absolute Gasteiger partial charge is 0.229 e. The predicted molar refractivity (Wildman–Crippen MR) is 102 cm³/mol. The molecule has 0 aromatic carbocycles. The Bertz CT molecular complexity index is 676. The largest absolute Gasteiger partial charge is 0.374 e. The first-order valence-electron chi connectivity index (χ1n) is 9.65. The van der Waals surface area contributed by atoms with Crippen molar-refractivity contribution in [1.29, 1.82) is 0 Å². The highest BCUT2D eigenvalue weighted by Crippen LogP contribution is 2.31. The van der Waals surface area contributed by atoms with E-state index in [2.05, 4.69) is 24.0 Å². The van der Waals surface area contributed by atoms with E-state index in [9.17, 15) is 9.59 Å². The molecule has 27 heavy (non-hydrogen) atoms. The second-order valence-electron chi connectivity index (χ2n) is 7.02. The summed E-state index contributed by atoms with van der Waals surface area (Å²) in [7, 11) is 0. The molecule has 0 radical (unpaired) electrons. The lowest BCUT2D eigenvalue weighted by Crippen LogP contribution is -2.54. The molecule has 3 rings (SSSR count). The van der Waals surface area contributed by atoms with Crippen molar-refractivity contribution in [3.63, 3.8) is 0 Å². The Kier molecular flexibility index (Phi) is 6.44. The maximum absolute atomic E-state index is 13.0. The van der Waals surface area contributed by atoms with Crippen LogP contribution < -0.4 is 4.90 Å². The number of ether oxygens (including phenoxy) is 2. The van der Waals surface area contributed by atoms with Gasteiger partial charge in [-0.3, -0.25) is 14.5 Å². The molecule has 2 saturated heterocycles. The summed E-state index contributed by atoms with van der Waals surface area (Å²) in [6.07, 6.45) is 1.97. The Morgan fingerprint density at radius 2 is 2.11 bits per heavy atom. The molecule has 1 aromatic heterocycles. The summed E-state index contributed by atoms with van der Waals surface area (Å²) in [6.45, 7) is 9.19. The number of carbonyl (C=O) groups is 2. The lowest BCUT2D eigenvalue weighted by Gasteiger charge is -2.42. The standard InChI is InChI=1S/C18H28N4O4S/c1-4-18(5-2)12-21(7-8-26-18)16(24)13-9-15(23)22(10-13)17-20-19-14(27-17)11-25-6-3/h13H,4-12H2,1-3H3. The monoisotopic (exact) mass is 396 g/mol. The summed E-state index contributed by atoms with van der Waals surface area (Å²) in [5.41, 5.74) is -0.260. The minimum absolute atomic E-state index is 0.0412. The molecular weight excluding hydrogens is 368 g/mol. The van der Waals surface area contributed by atoms with Gasteiger partial charge in [0.25, 0.3) is 0 Å². The van der Waals surface area contributed by atoms with E-state index in [1.807, 2.05) is 11.8 Å². The van der Waals surface area contributed by atoms with E-state index in [1.165, 1.54) is 11.3 Å². The lowest BCUT2D eigenvalue weighted by molar-refractivity contribution is -0.155. The van der Waals surface area contributed by atoms with Crippen LogP contribution in [0, 0.1) is 5.92 Å². The Balaban J connectivity index is 1.64. The van der Waals surface area contributed by atoms with E-state index in [-0.39, 0.29) is 29.8 Å². The van der Waals surface area contributed by atoms with Gasteiger partial charge < -0.3 is 14.4 Å². The van der Waals surface area contributed by atoms with E-state index < -0.39 is 0 Å². The minimum Gasteiger partial charge on any atom is -0.374 e. The molecule has 150 valence electrons. The van der Waals surface area contributed by atoms with Gasteiger partial charge >= 0.3 is 0 Å². The van der Waals surface area contributed by atoms with Crippen molar-refractivity contribution in [3.8, 4) is 0 Å². The molecule has 1 aromatic rings. The number of hydrogen-bond acceptors (Lipinski definition) is 7. The van der Waals surface area contributed by atoms with E-state index in [4.69, 9.17) is 9.47 Å². The number of anilines is 1. The van der Waals surface area contributed by atoms with Crippen LogP contribution in [0.25, 0.3) is 0 Å². The molecule has 1 atom stereocenters. The van der Waals surface area contributed by atoms with Crippen LogP contribution in [0.5, 0.6) is 0 Å². The highest BCUT2D eigenvalue weighted by atomic mass is 32.1. The van der Waals surface area contributed by atoms with Crippen molar-refractivity contribution in [1.82, 2.24) is 15.1 Å². The van der Waals surface area contributed by atoms with Crippen LogP contribution in [0.15, 0.2) is 0 Å². The normalized spacial score (nSPS) is 22.5. The average molecular weight is 397 g/mol. The van der Waals surface area contributed by atoms with E-state index in [0.717, 1.165) is 17.8 Å². The fourth-order valence-corrected chi connectivity index (χ4v) is 4.43. The van der Waals surface area contributed by atoms with Crippen LogP contribution in [-0.4, -0.2) is 65.4 Å². The Hall–Kier alpha value is -1.58. The van der Waals surface area contributed by atoms with E-state index in [0.29, 0.717) is 44.6 Å². The van der Waals surface area contributed by atoms with Gasteiger partial charge in [-0.25, -0.2) is 0 Å². The summed E-state index contributed by atoms with van der Waals surface area (Å²) in [6, 6.07) is 0. The molecule has 0 saturated carbocycles. The minimum atomic E-state index is -0.332. The van der Waals surface area contributed by atoms with Crippen molar-refractivity contribution in [2.45, 2.75) is 52.2 Å². The predicted octanol–water partition coefficient (Wildman–Crippen LogP) is 1.85. The van der Waals surface area contributed by atoms with Gasteiger partial charge in [-0.2, -0.15) is 0 Å². The molecule has 2 amide bonds. The zero-order chi connectivity index (χ0) is 19.4. The van der Waals surface area contributed by atoms with Gasteiger partial charge in [-0.05, 0) is 19.8 Å². The molecule has 0 spiro atoms. The first-order valence-corrected chi connectivity index (χ1v) is 10.5. The third-order valence-corrected chi connectivity index (χ3v) is 6.36. The molecular formula is C18H28N4O4S. The second-order valence-corrected chi connectivity index (χ2v) is 8.06. The molecule has 0 bridgehead atoms. The molecule has 0 N–H and O–H groups in total. The molecule has 2 aliphatic heterocycles. The van der Waals surface area contributed by atoms with Crippen molar-refractivity contribution in [2.24, 2.45) is 5.92 Å². The molecule has 3 heterocycles. The van der Waals surface area contributed by atoms with Crippen molar-refractivity contribution < 1.29 is 19.1 Å². The van der Waals surface area contributed by atoms with Crippen molar-refractivity contribution in [3.05, 3.63) is 5.01 Å². The lowest BCUT2D eigenvalue weighted by atomic mass is 9.94. The molecule has 8 nitrogen and oxygen atoms in total. The SMILES string of the molecule is CCOCc1nnc(N2CC(C(=O)N3CCOC(CC)(CC)C3)CC2=O)s1. The number of carbonyl (C=O) groups excluding carboxylic acids is 2. The maximum Gasteiger partial charge on any atom is 0.229 e. The highest BCUT2D eigenvalue weighted by Gasteiger charge is 2.42. The number of aromatic nitrogens is 2. The molecule has 1 unspecified atom stereocenters. The van der Waals surface area contributed by atoms with Gasteiger partial charge in [0.15, 0.2) is 0 Å². The topological polar surface area (TPSA) is 84.9 Å². The summed E-state index contributed by atoms with van der Waals surface area (Å²) in [5.74, 6) is -0.362. The van der Waals surface area contributed by atoms with E-state index >= 15 is 0 Å². The summed E-state index contributed by atoms with van der Waals surface area (Å²) < 4.78 is 11.3. The Morgan fingerprint density at radius 1 is 1.33 bits per heavy atom. The summed E-state index contributed by atoms with van der Waals surface area (Å²) in [5, 5.41) is 9.46. The first kappa shape index (κ1) is 20.2. The molecule has 2 fully saturated rings. The second kappa shape index (κ2) is 8.62. The van der Waals surface area contributed by atoms with Gasteiger partial charge in [0, 0.05) is 32.7 Å². The van der Waals surface area contributed by atoms with E-state index in [1.54, 1.807) is 4.90 Å². The number of morpholine rings is 1. The number of amides is 2. The zero-order valence-electron chi connectivity index (χ0n) is 16.3. The first-order chi connectivity index (χ1) is 13.0. The van der Waals surface area contributed by atoms with Crippen LogP contribution in [-0.2, 0) is 25.7 Å². The van der Waals surface area contributed by atoms with Gasteiger partial charge in [0.2, 0.25) is 16.9 Å². The zero-order valence-corrected chi connectivity index (χ0v) is 17.1. The average Bonchev–Trinajstić information content (AvgIpc) is 3.32. The van der Waals surface area contributed by atoms with Crippen LogP contribution in [0.3, 0.4) is 0 Å². The number of hydrogen-bond donors (Lipinski definition) is 0. The molecule has 9 heteroatoms. The van der Waals surface area contributed by atoms with Gasteiger partial charge in [0.1, 0.15) is 11.6 Å². The van der Waals surface area contributed by atoms with Gasteiger partial charge in [0.05, 0.1) is 18.1 Å². The molecule has 2 aliphatic rings. The fourth-order valence-electron chi connectivity index (χ4n) is 3.63. The molecule has 0 aliphatic carbocycles. The van der Waals surface area contributed by atoms with Gasteiger partial charge in [-0.1, -0.05) is 25.2 Å². The highest BCUT2D eigenvalue weighted by molar-refractivity contribution is 7.15. The third kappa shape index (κ3) is 4.30. The van der Waals surface area contributed by atoms with Gasteiger partial charge in [-0.15, -0.1) is 10.2 Å². The van der Waals surface area contributed by atoms with Crippen LogP contribution in [0.2, 0.25) is 0 Å².